The Morgan fingerprint density at radius 1 is 1.00 bits per heavy atom. The van der Waals surface area contributed by atoms with Gasteiger partial charge in [0.15, 0.2) is 0 Å². The molecule has 0 saturated carbocycles. The van der Waals surface area contributed by atoms with Crippen LogP contribution in [-0.2, 0) is 4.74 Å². The van der Waals surface area contributed by atoms with Crippen LogP contribution in [0.3, 0.4) is 0 Å². The molecule has 0 aliphatic heterocycles. The van der Waals surface area contributed by atoms with Gasteiger partial charge in [-0.2, -0.15) is 4.99 Å². The number of nitrogens with zero attached hydrogens (tertiary/aromatic N) is 2. The number of hydrogen-bond donors (Lipinski definition) is 0. The van der Waals surface area contributed by atoms with Crippen molar-refractivity contribution in [3.05, 3.63) is 59.7 Å². The third kappa shape index (κ3) is 4.83. The van der Waals surface area contributed by atoms with E-state index >= 15 is 0 Å². The molecule has 0 aromatic heterocycles. The molecule has 142 valence electrons. The summed E-state index contributed by atoms with van der Waals surface area (Å²) in [4.78, 5) is 18.4. The average Bonchev–Trinajstić information content (AvgIpc) is 2.97. The van der Waals surface area contributed by atoms with Gasteiger partial charge in [-0.1, -0.05) is 48.5 Å². The Bertz CT molecular complexity index is 781. The van der Waals surface area contributed by atoms with E-state index in [0.29, 0.717) is 6.61 Å². The molecule has 27 heavy (non-hydrogen) atoms. The molecule has 1 amide bonds. The van der Waals surface area contributed by atoms with Crippen molar-refractivity contribution in [1.29, 1.82) is 0 Å². The summed E-state index contributed by atoms with van der Waals surface area (Å²) in [5, 5.41) is 0. The van der Waals surface area contributed by atoms with E-state index in [1.54, 1.807) is 0 Å². The Balaban J connectivity index is 1.58. The van der Waals surface area contributed by atoms with Crippen molar-refractivity contribution in [3.8, 4) is 11.1 Å². The zero-order chi connectivity index (χ0) is 19.2. The smallest absolute Gasteiger partial charge is 0.433 e. The third-order valence-corrected chi connectivity index (χ3v) is 5.01. The van der Waals surface area contributed by atoms with Gasteiger partial charge in [0.2, 0.25) is 0 Å². The molecule has 4 heteroatoms. The van der Waals surface area contributed by atoms with Crippen molar-refractivity contribution in [2.75, 3.05) is 27.2 Å². The van der Waals surface area contributed by atoms with Crippen molar-refractivity contribution in [1.82, 2.24) is 4.90 Å². The summed E-state index contributed by atoms with van der Waals surface area (Å²) in [5.41, 5.74) is 5.74. The second kappa shape index (κ2) is 8.96. The Morgan fingerprint density at radius 3 is 2.19 bits per heavy atom. The summed E-state index contributed by atoms with van der Waals surface area (Å²) in [5.74, 6) is 0.0805. The molecule has 0 unspecified atom stereocenters. The van der Waals surface area contributed by atoms with Crippen LogP contribution in [0.15, 0.2) is 53.5 Å². The van der Waals surface area contributed by atoms with E-state index in [9.17, 15) is 4.79 Å². The summed E-state index contributed by atoms with van der Waals surface area (Å²) in [7, 11) is 4.13. The quantitative estimate of drug-likeness (QED) is 0.505. The molecule has 0 spiro atoms. The number of aliphatic imine (C=N–C) groups is 1. The second-order valence-corrected chi connectivity index (χ2v) is 7.41. The summed E-state index contributed by atoms with van der Waals surface area (Å²) >= 11 is 0. The molecule has 0 N–H and O–H groups in total. The zero-order valence-corrected chi connectivity index (χ0v) is 16.4. The molecule has 0 fully saturated rings. The highest BCUT2D eigenvalue weighted by atomic mass is 16.5. The Kier molecular flexibility index (Phi) is 6.40. The number of carbonyl (C=O) groups is 1. The molecule has 1 aliphatic carbocycles. The van der Waals surface area contributed by atoms with Gasteiger partial charge in [0.05, 0.1) is 0 Å². The Hall–Kier alpha value is -2.46. The van der Waals surface area contributed by atoms with E-state index in [1.807, 2.05) is 31.2 Å². The predicted molar refractivity (Wildman–Crippen MR) is 111 cm³/mol. The number of amides is 1. The van der Waals surface area contributed by atoms with Crippen LogP contribution in [0.2, 0.25) is 0 Å². The molecule has 0 bridgehead atoms. The Morgan fingerprint density at radius 2 is 1.59 bits per heavy atom. The normalized spacial score (nSPS) is 13.6. The fourth-order valence-corrected chi connectivity index (χ4v) is 3.65. The molecule has 1 aliphatic rings. The van der Waals surface area contributed by atoms with Gasteiger partial charge in [-0.25, -0.2) is 4.79 Å². The van der Waals surface area contributed by atoms with E-state index in [2.05, 4.69) is 48.3 Å². The van der Waals surface area contributed by atoms with Crippen LogP contribution < -0.4 is 0 Å². The maximum absolute atomic E-state index is 12.2. The summed E-state index contributed by atoms with van der Waals surface area (Å²) in [6, 6.07) is 16.7. The van der Waals surface area contributed by atoms with E-state index in [4.69, 9.17) is 4.74 Å². The maximum atomic E-state index is 12.2. The highest BCUT2D eigenvalue weighted by Gasteiger charge is 2.28. The van der Waals surface area contributed by atoms with Crippen molar-refractivity contribution >= 4 is 11.8 Å². The summed E-state index contributed by atoms with van der Waals surface area (Å²) in [6.45, 7) is 3.28. The standard InChI is InChI=1S/C23H28N2O2/c1-17(10-8-9-15-25(2)3)24-23(26)27-16-22-20-13-6-4-11-18(20)19-12-5-7-14-21(19)22/h4-7,11-14,22H,8-10,15-16H2,1-3H3/b24-17-. The number of rotatable bonds is 7. The number of unbranched alkanes of at least 4 members (excludes halogenated alkanes) is 1. The lowest BCUT2D eigenvalue weighted by atomic mass is 9.98. The first-order chi connectivity index (χ1) is 13.1. The van der Waals surface area contributed by atoms with Crippen LogP contribution >= 0.6 is 0 Å². The minimum atomic E-state index is -0.484. The first-order valence-corrected chi connectivity index (χ1v) is 9.60. The van der Waals surface area contributed by atoms with Gasteiger partial charge in [-0.05, 0) is 69.1 Å². The topological polar surface area (TPSA) is 41.9 Å². The highest BCUT2D eigenvalue weighted by molar-refractivity contribution is 5.91. The SMILES string of the molecule is C/C(CCCCN(C)C)=N/C(=O)OCC1c2ccccc2-c2ccccc21. The monoisotopic (exact) mass is 364 g/mol. The molecule has 0 heterocycles. The van der Waals surface area contributed by atoms with Gasteiger partial charge in [-0.3, -0.25) is 0 Å². The van der Waals surface area contributed by atoms with Gasteiger partial charge >= 0.3 is 6.09 Å². The molecular weight excluding hydrogens is 336 g/mol. The van der Waals surface area contributed by atoms with Crippen LogP contribution in [0.4, 0.5) is 4.79 Å². The molecule has 0 saturated heterocycles. The fourth-order valence-electron chi connectivity index (χ4n) is 3.65. The molecule has 2 aromatic rings. The van der Waals surface area contributed by atoms with Crippen molar-refractivity contribution in [2.45, 2.75) is 32.1 Å². The summed E-state index contributed by atoms with van der Waals surface area (Å²) < 4.78 is 5.52. The minimum Gasteiger partial charge on any atom is -0.447 e. The zero-order valence-electron chi connectivity index (χ0n) is 16.4. The van der Waals surface area contributed by atoms with E-state index in [0.717, 1.165) is 31.5 Å². The van der Waals surface area contributed by atoms with Crippen molar-refractivity contribution < 1.29 is 9.53 Å². The van der Waals surface area contributed by atoms with E-state index in [-0.39, 0.29) is 5.92 Å². The second-order valence-electron chi connectivity index (χ2n) is 7.41. The van der Waals surface area contributed by atoms with Crippen LogP contribution in [0.1, 0.15) is 43.2 Å². The van der Waals surface area contributed by atoms with Crippen LogP contribution in [0.25, 0.3) is 11.1 Å². The van der Waals surface area contributed by atoms with Crippen molar-refractivity contribution in [2.24, 2.45) is 4.99 Å². The van der Waals surface area contributed by atoms with Gasteiger partial charge in [-0.15, -0.1) is 0 Å². The maximum Gasteiger partial charge on any atom is 0.433 e. The molecule has 0 radical (unpaired) electrons. The van der Waals surface area contributed by atoms with Gasteiger partial charge in [0.25, 0.3) is 0 Å². The number of benzene rings is 2. The fraction of sp³-hybridized carbons (Fsp3) is 0.391. The highest BCUT2D eigenvalue weighted by Crippen LogP contribution is 2.44. The number of carbonyl (C=O) groups excluding carboxylic acids is 1. The van der Waals surface area contributed by atoms with Gasteiger partial charge in [0, 0.05) is 11.6 Å². The third-order valence-electron chi connectivity index (χ3n) is 5.01. The molecule has 2 aromatic carbocycles. The van der Waals surface area contributed by atoms with E-state index in [1.165, 1.54) is 22.3 Å². The predicted octanol–water partition coefficient (Wildman–Crippen LogP) is 5.13. The van der Waals surface area contributed by atoms with Gasteiger partial charge in [0.1, 0.15) is 6.61 Å². The first kappa shape index (κ1) is 19.3. The van der Waals surface area contributed by atoms with Crippen molar-refractivity contribution in [3.63, 3.8) is 0 Å². The average molecular weight is 364 g/mol. The largest absolute Gasteiger partial charge is 0.447 e. The molecular formula is C23H28N2O2. The minimum absolute atomic E-state index is 0.0805. The molecule has 4 nitrogen and oxygen atoms in total. The van der Waals surface area contributed by atoms with Crippen LogP contribution in [-0.4, -0.2) is 44.0 Å². The summed E-state index contributed by atoms with van der Waals surface area (Å²) in [6.07, 6.45) is 2.48. The number of fused-ring (bicyclic) bond motifs is 3. The number of ether oxygens (including phenoxy) is 1. The van der Waals surface area contributed by atoms with Gasteiger partial charge < -0.3 is 9.64 Å². The lowest BCUT2D eigenvalue weighted by Gasteiger charge is -2.13. The Labute approximate surface area is 161 Å². The molecule has 3 rings (SSSR count). The first-order valence-electron chi connectivity index (χ1n) is 9.60. The lowest BCUT2D eigenvalue weighted by molar-refractivity contribution is 0.154. The van der Waals surface area contributed by atoms with E-state index < -0.39 is 6.09 Å². The lowest BCUT2D eigenvalue weighted by Crippen LogP contribution is -2.13. The molecule has 0 atom stereocenters. The number of hydrogen-bond acceptors (Lipinski definition) is 3. The van der Waals surface area contributed by atoms with Crippen LogP contribution in [0.5, 0.6) is 0 Å². The van der Waals surface area contributed by atoms with Crippen LogP contribution in [0, 0.1) is 0 Å².